The SMILES string of the molecule is Cc1cc(C)nc(Nc2cccc(C(=O)Nc3ccc(C)c(Cl)c3)c2)n1. The van der Waals surface area contributed by atoms with E-state index in [4.69, 9.17) is 11.6 Å². The van der Waals surface area contributed by atoms with Crippen molar-refractivity contribution < 1.29 is 4.79 Å². The Hall–Kier alpha value is -2.92. The fourth-order valence-corrected chi connectivity index (χ4v) is 2.70. The molecule has 6 heteroatoms. The third kappa shape index (κ3) is 4.37. The van der Waals surface area contributed by atoms with E-state index in [0.717, 1.165) is 22.6 Å². The molecule has 0 aliphatic heterocycles. The molecule has 0 aliphatic rings. The molecule has 0 radical (unpaired) electrons. The molecular weight excluding hydrogens is 348 g/mol. The van der Waals surface area contributed by atoms with Crippen molar-refractivity contribution in [3.8, 4) is 0 Å². The van der Waals surface area contributed by atoms with Crippen molar-refractivity contribution in [1.82, 2.24) is 9.97 Å². The Bertz CT molecular complexity index is 952. The van der Waals surface area contributed by atoms with Crippen molar-refractivity contribution >= 4 is 34.8 Å². The Morgan fingerprint density at radius 1 is 0.923 bits per heavy atom. The molecule has 1 aromatic heterocycles. The van der Waals surface area contributed by atoms with Crippen molar-refractivity contribution in [3.63, 3.8) is 0 Å². The molecule has 0 saturated carbocycles. The van der Waals surface area contributed by atoms with E-state index in [1.54, 1.807) is 18.2 Å². The number of hydrogen-bond acceptors (Lipinski definition) is 4. The van der Waals surface area contributed by atoms with Gasteiger partial charge >= 0.3 is 0 Å². The average Bonchev–Trinajstić information content (AvgIpc) is 2.57. The van der Waals surface area contributed by atoms with Crippen LogP contribution in [-0.2, 0) is 0 Å². The molecule has 2 N–H and O–H groups in total. The Morgan fingerprint density at radius 2 is 1.65 bits per heavy atom. The highest BCUT2D eigenvalue weighted by molar-refractivity contribution is 6.31. The van der Waals surface area contributed by atoms with Crippen LogP contribution in [0.5, 0.6) is 0 Å². The number of carbonyl (C=O) groups is 1. The van der Waals surface area contributed by atoms with Gasteiger partial charge in [-0.05, 0) is 62.7 Å². The Kier molecular flexibility index (Phi) is 5.19. The number of carbonyl (C=O) groups excluding carboxylic acids is 1. The van der Waals surface area contributed by atoms with E-state index < -0.39 is 0 Å². The van der Waals surface area contributed by atoms with Gasteiger partial charge in [-0.15, -0.1) is 0 Å². The zero-order valence-corrected chi connectivity index (χ0v) is 15.6. The van der Waals surface area contributed by atoms with Gasteiger partial charge in [-0.3, -0.25) is 4.79 Å². The maximum atomic E-state index is 12.5. The second-order valence-electron chi connectivity index (χ2n) is 6.10. The van der Waals surface area contributed by atoms with E-state index >= 15 is 0 Å². The number of hydrogen-bond donors (Lipinski definition) is 2. The van der Waals surface area contributed by atoms with Crippen LogP contribution in [0.15, 0.2) is 48.5 Å². The molecule has 3 aromatic rings. The fraction of sp³-hybridized carbons (Fsp3) is 0.150. The zero-order chi connectivity index (χ0) is 18.7. The summed E-state index contributed by atoms with van der Waals surface area (Å²) in [6, 6.07) is 14.5. The van der Waals surface area contributed by atoms with Crippen LogP contribution in [0, 0.1) is 20.8 Å². The molecule has 2 aromatic carbocycles. The molecule has 0 aliphatic carbocycles. The third-order valence-corrected chi connectivity index (χ3v) is 4.20. The van der Waals surface area contributed by atoms with Gasteiger partial charge in [0.15, 0.2) is 0 Å². The first-order valence-electron chi connectivity index (χ1n) is 8.17. The molecule has 132 valence electrons. The predicted octanol–water partition coefficient (Wildman–Crippen LogP) is 5.05. The average molecular weight is 367 g/mol. The lowest BCUT2D eigenvalue weighted by molar-refractivity contribution is 0.102. The summed E-state index contributed by atoms with van der Waals surface area (Å²) in [7, 11) is 0. The molecular formula is C20H19ClN4O. The highest BCUT2D eigenvalue weighted by Crippen LogP contribution is 2.21. The van der Waals surface area contributed by atoms with Crippen LogP contribution in [0.4, 0.5) is 17.3 Å². The Balaban J connectivity index is 1.77. The molecule has 5 nitrogen and oxygen atoms in total. The minimum Gasteiger partial charge on any atom is -0.324 e. The quantitative estimate of drug-likeness (QED) is 0.678. The summed E-state index contributed by atoms with van der Waals surface area (Å²) in [6.45, 7) is 5.74. The van der Waals surface area contributed by atoms with Crippen molar-refractivity contribution in [2.24, 2.45) is 0 Å². The van der Waals surface area contributed by atoms with E-state index in [1.165, 1.54) is 0 Å². The fourth-order valence-electron chi connectivity index (χ4n) is 2.52. The van der Waals surface area contributed by atoms with E-state index in [-0.39, 0.29) is 5.91 Å². The monoisotopic (exact) mass is 366 g/mol. The lowest BCUT2D eigenvalue weighted by Crippen LogP contribution is -2.12. The molecule has 0 spiro atoms. The van der Waals surface area contributed by atoms with Crippen molar-refractivity contribution in [3.05, 3.63) is 76.1 Å². The number of nitrogens with one attached hydrogen (secondary N) is 2. The molecule has 1 heterocycles. The van der Waals surface area contributed by atoms with Gasteiger partial charge in [0.2, 0.25) is 5.95 Å². The summed E-state index contributed by atoms with van der Waals surface area (Å²) < 4.78 is 0. The molecule has 0 unspecified atom stereocenters. The minimum atomic E-state index is -0.213. The Labute approximate surface area is 157 Å². The largest absolute Gasteiger partial charge is 0.324 e. The summed E-state index contributed by atoms with van der Waals surface area (Å²) in [5.41, 5.74) is 4.64. The number of halogens is 1. The van der Waals surface area contributed by atoms with Gasteiger partial charge < -0.3 is 10.6 Å². The van der Waals surface area contributed by atoms with E-state index in [1.807, 2.05) is 51.1 Å². The van der Waals surface area contributed by atoms with Gasteiger partial charge in [-0.25, -0.2) is 9.97 Å². The first-order chi connectivity index (χ1) is 12.4. The minimum absolute atomic E-state index is 0.213. The highest BCUT2D eigenvalue weighted by Gasteiger charge is 2.09. The highest BCUT2D eigenvalue weighted by atomic mass is 35.5. The van der Waals surface area contributed by atoms with Crippen LogP contribution in [-0.4, -0.2) is 15.9 Å². The normalized spacial score (nSPS) is 10.5. The molecule has 3 rings (SSSR count). The molecule has 0 atom stereocenters. The zero-order valence-electron chi connectivity index (χ0n) is 14.8. The first kappa shape index (κ1) is 17.9. The number of aromatic nitrogens is 2. The second kappa shape index (κ2) is 7.54. The second-order valence-corrected chi connectivity index (χ2v) is 6.51. The van der Waals surface area contributed by atoms with Gasteiger partial charge in [0.25, 0.3) is 5.91 Å². The number of benzene rings is 2. The van der Waals surface area contributed by atoms with Crippen LogP contribution < -0.4 is 10.6 Å². The van der Waals surface area contributed by atoms with E-state index in [2.05, 4.69) is 20.6 Å². The maximum absolute atomic E-state index is 12.5. The predicted molar refractivity (Wildman–Crippen MR) is 105 cm³/mol. The molecule has 0 saturated heterocycles. The third-order valence-electron chi connectivity index (χ3n) is 3.79. The van der Waals surface area contributed by atoms with Crippen LogP contribution >= 0.6 is 11.6 Å². The van der Waals surface area contributed by atoms with Crippen LogP contribution in [0.1, 0.15) is 27.3 Å². The van der Waals surface area contributed by atoms with Crippen LogP contribution in [0.25, 0.3) is 0 Å². The first-order valence-corrected chi connectivity index (χ1v) is 8.55. The smallest absolute Gasteiger partial charge is 0.255 e. The molecule has 26 heavy (non-hydrogen) atoms. The summed E-state index contributed by atoms with van der Waals surface area (Å²) >= 11 is 6.11. The number of anilines is 3. The summed E-state index contributed by atoms with van der Waals surface area (Å²) in [4.78, 5) is 21.2. The summed E-state index contributed by atoms with van der Waals surface area (Å²) in [6.07, 6.45) is 0. The Morgan fingerprint density at radius 3 is 2.35 bits per heavy atom. The number of rotatable bonds is 4. The van der Waals surface area contributed by atoms with Gasteiger partial charge in [0, 0.05) is 33.3 Å². The van der Waals surface area contributed by atoms with E-state index in [9.17, 15) is 4.79 Å². The molecule has 0 bridgehead atoms. The molecule has 0 fully saturated rings. The standard InChI is InChI=1S/C20H19ClN4O/c1-12-7-8-17(11-18(12)21)24-19(26)15-5-4-6-16(10-15)25-20-22-13(2)9-14(3)23-20/h4-11H,1-3H3,(H,24,26)(H,22,23,25). The lowest BCUT2D eigenvalue weighted by Gasteiger charge is -2.10. The van der Waals surface area contributed by atoms with Crippen molar-refractivity contribution in [2.75, 3.05) is 10.6 Å². The van der Waals surface area contributed by atoms with E-state index in [0.29, 0.717) is 22.2 Å². The van der Waals surface area contributed by atoms with Crippen molar-refractivity contribution in [2.45, 2.75) is 20.8 Å². The number of nitrogens with zero attached hydrogens (tertiary/aromatic N) is 2. The van der Waals surface area contributed by atoms with Crippen LogP contribution in [0.3, 0.4) is 0 Å². The van der Waals surface area contributed by atoms with Crippen molar-refractivity contribution in [1.29, 1.82) is 0 Å². The van der Waals surface area contributed by atoms with Crippen LogP contribution in [0.2, 0.25) is 5.02 Å². The number of aryl methyl sites for hydroxylation is 3. The summed E-state index contributed by atoms with van der Waals surface area (Å²) in [5, 5.41) is 6.61. The molecule has 1 amide bonds. The van der Waals surface area contributed by atoms with Gasteiger partial charge in [-0.2, -0.15) is 0 Å². The maximum Gasteiger partial charge on any atom is 0.255 e. The summed E-state index contributed by atoms with van der Waals surface area (Å²) in [5.74, 6) is 0.292. The lowest BCUT2D eigenvalue weighted by atomic mass is 10.1. The van der Waals surface area contributed by atoms with Gasteiger partial charge in [-0.1, -0.05) is 23.7 Å². The van der Waals surface area contributed by atoms with Gasteiger partial charge in [0.05, 0.1) is 0 Å². The van der Waals surface area contributed by atoms with Gasteiger partial charge in [0.1, 0.15) is 0 Å². The number of amides is 1. The topological polar surface area (TPSA) is 66.9 Å².